The molecule has 0 saturated heterocycles. The summed E-state index contributed by atoms with van der Waals surface area (Å²) in [4.78, 5) is 14.9. The molecule has 0 aromatic heterocycles. The molecule has 0 aliphatic carbocycles. The van der Waals surface area contributed by atoms with Gasteiger partial charge in [0.15, 0.2) is 0 Å². The van der Waals surface area contributed by atoms with Gasteiger partial charge in [0, 0.05) is 0 Å². The summed E-state index contributed by atoms with van der Waals surface area (Å²) in [6, 6.07) is 0. The number of thiol groups is 1. The summed E-state index contributed by atoms with van der Waals surface area (Å²) >= 11 is 4.09. The molecular weight excluding hydrogens is 181 g/mol. The molecule has 0 radical (unpaired) electrons. The van der Waals surface area contributed by atoms with Crippen LogP contribution < -0.4 is 5.50 Å². The van der Waals surface area contributed by atoms with Crippen LogP contribution in [-0.4, -0.2) is 15.5 Å². The molecule has 0 unspecified atom stereocenters. The molecule has 0 aromatic carbocycles. The molecule has 0 atom stereocenters. The number of rotatable bonds is 4. The first-order valence-corrected chi connectivity index (χ1v) is 5.63. The van der Waals surface area contributed by atoms with Crippen molar-refractivity contribution in [3.05, 3.63) is 0 Å². The highest BCUT2D eigenvalue weighted by Crippen LogP contribution is 2.05. The second kappa shape index (κ2) is 13.3. The van der Waals surface area contributed by atoms with Crippen molar-refractivity contribution >= 4 is 21.2 Å². The largest absolute Gasteiger partial charge is 0.338 e. The van der Waals surface area contributed by atoms with Crippen molar-refractivity contribution in [2.24, 2.45) is 5.50 Å². The SMILES string of the molecule is CCCCCCS.NP(O)O. The molecule has 11 heavy (non-hydrogen) atoms. The average Bonchev–Trinajstić information content (AvgIpc) is 1.88. The van der Waals surface area contributed by atoms with Gasteiger partial charge in [0.2, 0.25) is 8.53 Å². The lowest BCUT2D eigenvalue weighted by molar-refractivity contribution is 0.485. The van der Waals surface area contributed by atoms with Crippen LogP contribution in [0.25, 0.3) is 0 Å². The molecule has 0 saturated carbocycles. The van der Waals surface area contributed by atoms with Gasteiger partial charge < -0.3 is 9.79 Å². The Morgan fingerprint density at radius 3 is 2.00 bits per heavy atom. The van der Waals surface area contributed by atoms with Gasteiger partial charge in [-0.25, -0.2) is 0 Å². The lowest BCUT2D eigenvalue weighted by atomic mass is 10.2. The molecule has 0 aliphatic rings. The fraction of sp³-hybridized carbons (Fsp3) is 1.00. The zero-order chi connectivity index (χ0) is 9.11. The second-order valence-corrected chi connectivity index (χ2v) is 3.19. The smallest absolute Gasteiger partial charge is 0.247 e. The van der Waals surface area contributed by atoms with Gasteiger partial charge in [-0.05, 0) is 12.2 Å². The molecule has 0 rings (SSSR count). The minimum atomic E-state index is -2.12. The summed E-state index contributed by atoms with van der Waals surface area (Å²) in [5.74, 6) is 1.06. The summed E-state index contributed by atoms with van der Waals surface area (Å²) in [5, 5.41) is 0. The van der Waals surface area contributed by atoms with Gasteiger partial charge in [0.1, 0.15) is 0 Å². The lowest BCUT2D eigenvalue weighted by Gasteiger charge is -1.90. The maximum atomic E-state index is 7.45. The third-order valence-corrected chi connectivity index (χ3v) is 1.33. The maximum absolute atomic E-state index is 7.45. The molecule has 0 heterocycles. The van der Waals surface area contributed by atoms with E-state index in [0.717, 1.165) is 5.75 Å². The summed E-state index contributed by atoms with van der Waals surface area (Å²) in [5.41, 5.74) is 4.29. The van der Waals surface area contributed by atoms with E-state index in [0.29, 0.717) is 0 Å². The van der Waals surface area contributed by atoms with Crippen molar-refractivity contribution in [1.82, 2.24) is 0 Å². The minimum Gasteiger partial charge on any atom is -0.338 e. The maximum Gasteiger partial charge on any atom is 0.247 e. The third-order valence-electron chi connectivity index (χ3n) is 1.01. The first-order valence-electron chi connectivity index (χ1n) is 3.68. The number of hydrogen-bond donors (Lipinski definition) is 4. The Morgan fingerprint density at radius 2 is 1.73 bits per heavy atom. The Bertz CT molecular complexity index is 59.8. The van der Waals surface area contributed by atoms with Crippen molar-refractivity contribution in [2.45, 2.75) is 32.6 Å². The zero-order valence-corrected chi connectivity index (χ0v) is 8.69. The van der Waals surface area contributed by atoms with Crippen LogP contribution in [0.2, 0.25) is 0 Å². The van der Waals surface area contributed by atoms with E-state index in [4.69, 9.17) is 9.79 Å². The van der Waals surface area contributed by atoms with Crippen LogP contribution in [0.5, 0.6) is 0 Å². The summed E-state index contributed by atoms with van der Waals surface area (Å²) in [7, 11) is -2.12. The first kappa shape index (κ1) is 14.2. The molecule has 0 aromatic rings. The van der Waals surface area contributed by atoms with E-state index in [-0.39, 0.29) is 0 Å². The van der Waals surface area contributed by atoms with Crippen LogP contribution in [0.3, 0.4) is 0 Å². The highest BCUT2D eigenvalue weighted by atomic mass is 32.1. The van der Waals surface area contributed by atoms with Crippen molar-refractivity contribution < 1.29 is 9.79 Å². The summed E-state index contributed by atoms with van der Waals surface area (Å²) < 4.78 is 0. The van der Waals surface area contributed by atoms with E-state index in [1.165, 1.54) is 25.7 Å². The van der Waals surface area contributed by atoms with E-state index in [1.807, 2.05) is 0 Å². The van der Waals surface area contributed by atoms with Crippen LogP contribution in [0.1, 0.15) is 32.6 Å². The van der Waals surface area contributed by atoms with Crippen molar-refractivity contribution in [2.75, 3.05) is 5.75 Å². The van der Waals surface area contributed by atoms with Gasteiger partial charge in [-0.1, -0.05) is 26.2 Å². The van der Waals surface area contributed by atoms with E-state index in [2.05, 4.69) is 25.1 Å². The molecule has 0 fully saturated rings. The molecule has 4 N–H and O–H groups in total. The average molecular weight is 199 g/mol. The fourth-order valence-corrected chi connectivity index (χ4v) is 0.762. The molecule has 70 valence electrons. The highest BCUT2D eigenvalue weighted by molar-refractivity contribution is 7.80. The molecule has 0 aliphatic heterocycles. The molecule has 0 spiro atoms. The summed E-state index contributed by atoms with van der Waals surface area (Å²) in [6.45, 7) is 2.22. The molecule has 3 nitrogen and oxygen atoms in total. The van der Waals surface area contributed by atoms with Crippen LogP contribution in [0.4, 0.5) is 0 Å². The highest BCUT2D eigenvalue weighted by Gasteiger charge is 1.80. The standard InChI is InChI=1S/C6H14S.H4NO2P/c1-2-3-4-5-6-7;1-4(2)3/h7H,2-6H2,1H3;2-3H,1H2. The Hall–Kier alpha value is 0.660. The van der Waals surface area contributed by atoms with E-state index >= 15 is 0 Å². The monoisotopic (exact) mass is 199 g/mol. The number of hydrogen-bond acceptors (Lipinski definition) is 4. The third kappa shape index (κ3) is 36.8. The van der Waals surface area contributed by atoms with Gasteiger partial charge >= 0.3 is 0 Å². The van der Waals surface area contributed by atoms with Crippen LogP contribution in [-0.2, 0) is 0 Å². The van der Waals surface area contributed by atoms with Crippen LogP contribution in [0.15, 0.2) is 0 Å². The fourth-order valence-electron chi connectivity index (χ4n) is 0.539. The minimum absolute atomic E-state index is 1.06. The Labute approximate surface area is 75.4 Å². The molecule has 0 amide bonds. The quantitative estimate of drug-likeness (QED) is 0.316. The van der Waals surface area contributed by atoms with E-state index < -0.39 is 8.53 Å². The summed E-state index contributed by atoms with van der Waals surface area (Å²) in [6.07, 6.45) is 5.35. The van der Waals surface area contributed by atoms with Gasteiger partial charge in [0.25, 0.3) is 0 Å². The Morgan fingerprint density at radius 1 is 1.27 bits per heavy atom. The van der Waals surface area contributed by atoms with E-state index in [9.17, 15) is 0 Å². The normalized spacial score (nSPS) is 9.27. The van der Waals surface area contributed by atoms with Gasteiger partial charge in [-0.3, -0.25) is 5.50 Å². The van der Waals surface area contributed by atoms with Crippen molar-refractivity contribution in [3.8, 4) is 0 Å². The first-order chi connectivity index (χ1) is 5.15. The van der Waals surface area contributed by atoms with Crippen LogP contribution >= 0.6 is 21.2 Å². The lowest BCUT2D eigenvalue weighted by Crippen LogP contribution is -1.78. The Kier molecular flexibility index (Phi) is 17.1. The van der Waals surface area contributed by atoms with Crippen LogP contribution in [0, 0.1) is 0 Å². The predicted octanol–water partition coefficient (Wildman–Crippen LogP) is 1.65. The number of nitrogens with two attached hydrogens (primary N) is 1. The van der Waals surface area contributed by atoms with Gasteiger partial charge in [-0.2, -0.15) is 12.6 Å². The second-order valence-electron chi connectivity index (χ2n) is 2.10. The molecular formula is C6H18NO2PS. The van der Waals surface area contributed by atoms with Gasteiger partial charge in [0.05, 0.1) is 0 Å². The number of unbranched alkanes of at least 4 members (excludes halogenated alkanes) is 3. The Balaban J connectivity index is 0. The van der Waals surface area contributed by atoms with Gasteiger partial charge in [-0.15, -0.1) is 0 Å². The topological polar surface area (TPSA) is 66.5 Å². The molecule has 0 bridgehead atoms. The zero-order valence-electron chi connectivity index (χ0n) is 6.90. The molecule has 5 heteroatoms. The predicted molar refractivity (Wildman–Crippen MR) is 53.5 cm³/mol. The van der Waals surface area contributed by atoms with E-state index in [1.54, 1.807) is 0 Å². The van der Waals surface area contributed by atoms with Crippen molar-refractivity contribution in [3.63, 3.8) is 0 Å². The van der Waals surface area contributed by atoms with Crippen molar-refractivity contribution in [1.29, 1.82) is 0 Å².